The lowest BCUT2D eigenvalue weighted by Gasteiger charge is -2.15. The average Bonchev–Trinajstić information content (AvgIpc) is 2.16. The van der Waals surface area contributed by atoms with Crippen molar-refractivity contribution in [2.75, 3.05) is 38.5 Å². The highest BCUT2D eigenvalue weighted by atomic mass is 16.5. The van der Waals surface area contributed by atoms with Crippen LogP contribution >= 0.6 is 0 Å². The molecule has 78 valence electrons. The minimum Gasteiger partial charge on any atom is -0.491 e. The summed E-state index contributed by atoms with van der Waals surface area (Å²) in [5, 5.41) is 2.98. The van der Waals surface area contributed by atoms with Crippen LogP contribution in [0.15, 0.2) is 0 Å². The molecule has 0 amide bonds. The van der Waals surface area contributed by atoms with E-state index in [0.717, 1.165) is 5.69 Å². The third kappa shape index (κ3) is 1.86. The molecule has 1 aromatic heterocycles. The van der Waals surface area contributed by atoms with Crippen molar-refractivity contribution in [3.05, 3.63) is 5.69 Å². The minimum atomic E-state index is 0.674. The molecule has 0 aliphatic carbocycles. The van der Waals surface area contributed by atoms with Gasteiger partial charge < -0.3 is 15.0 Å². The third-order valence-electron chi connectivity index (χ3n) is 1.86. The molecule has 0 aromatic carbocycles. The van der Waals surface area contributed by atoms with Crippen LogP contribution < -0.4 is 15.0 Å². The summed E-state index contributed by atoms with van der Waals surface area (Å²) in [4.78, 5) is 10.5. The second kappa shape index (κ2) is 4.13. The van der Waals surface area contributed by atoms with Gasteiger partial charge in [-0.15, -0.1) is 0 Å². The molecule has 0 aliphatic rings. The first-order valence-corrected chi connectivity index (χ1v) is 4.37. The van der Waals surface area contributed by atoms with Crippen LogP contribution in [0.3, 0.4) is 0 Å². The molecule has 0 spiro atoms. The standard InChI is InChI=1S/C9H16N4O/c1-6-7(14-5)8(10-2)12-9(11-6)13(3)4/h1-5H3,(H,10,11,12). The number of nitrogens with zero attached hydrogens (tertiary/aromatic N) is 3. The number of anilines is 2. The van der Waals surface area contributed by atoms with Crippen molar-refractivity contribution in [1.82, 2.24) is 9.97 Å². The van der Waals surface area contributed by atoms with Crippen LogP contribution in [-0.2, 0) is 0 Å². The summed E-state index contributed by atoms with van der Waals surface area (Å²) in [5.74, 6) is 2.08. The highest BCUT2D eigenvalue weighted by Crippen LogP contribution is 2.26. The quantitative estimate of drug-likeness (QED) is 0.778. The Labute approximate surface area is 84.1 Å². The average molecular weight is 196 g/mol. The third-order valence-corrected chi connectivity index (χ3v) is 1.86. The zero-order valence-corrected chi connectivity index (χ0v) is 9.25. The van der Waals surface area contributed by atoms with Gasteiger partial charge in [0.25, 0.3) is 0 Å². The second-order valence-corrected chi connectivity index (χ2v) is 3.14. The monoisotopic (exact) mass is 196 g/mol. The molecule has 0 saturated carbocycles. The lowest BCUT2D eigenvalue weighted by Crippen LogP contribution is -2.15. The van der Waals surface area contributed by atoms with E-state index in [1.165, 1.54) is 0 Å². The minimum absolute atomic E-state index is 0.674. The van der Waals surface area contributed by atoms with E-state index in [0.29, 0.717) is 17.5 Å². The van der Waals surface area contributed by atoms with Crippen LogP contribution in [0.5, 0.6) is 5.75 Å². The van der Waals surface area contributed by atoms with Gasteiger partial charge in [-0.2, -0.15) is 4.98 Å². The maximum absolute atomic E-state index is 5.20. The maximum atomic E-state index is 5.20. The molecule has 5 heteroatoms. The van der Waals surface area contributed by atoms with Crippen LogP contribution in [0, 0.1) is 6.92 Å². The number of rotatable bonds is 3. The molecule has 5 nitrogen and oxygen atoms in total. The Kier molecular flexibility index (Phi) is 3.11. The highest BCUT2D eigenvalue weighted by molar-refractivity contribution is 5.55. The molecule has 0 unspecified atom stereocenters. The van der Waals surface area contributed by atoms with E-state index in [-0.39, 0.29) is 0 Å². The molecule has 1 heterocycles. The molecule has 0 radical (unpaired) electrons. The summed E-state index contributed by atoms with van der Waals surface area (Å²) < 4.78 is 5.20. The lowest BCUT2D eigenvalue weighted by atomic mass is 10.4. The van der Waals surface area contributed by atoms with E-state index in [1.807, 2.05) is 33.0 Å². The van der Waals surface area contributed by atoms with E-state index in [2.05, 4.69) is 15.3 Å². The first kappa shape index (κ1) is 10.6. The van der Waals surface area contributed by atoms with Gasteiger partial charge in [0.1, 0.15) is 0 Å². The largest absolute Gasteiger partial charge is 0.491 e. The van der Waals surface area contributed by atoms with Crippen molar-refractivity contribution < 1.29 is 4.74 Å². The molecule has 1 rings (SSSR count). The fourth-order valence-electron chi connectivity index (χ4n) is 1.16. The highest BCUT2D eigenvalue weighted by Gasteiger charge is 2.11. The van der Waals surface area contributed by atoms with E-state index < -0.39 is 0 Å². The molecular weight excluding hydrogens is 180 g/mol. The van der Waals surface area contributed by atoms with Crippen LogP contribution in [0.1, 0.15) is 5.69 Å². The van der Waals surface area contributed by atoms with Gasteiger partial charge in [0.2, 0.25) is 5.95 Å². The Morgan fingerprint density at radius 1 is 1.29 bits per heavy atom. The Balaban J connectivity index is 3.24. The van der Waals surface area contributed by atoms with Crippen molar-refractivity contribution in [2.24, 2.45) is 0 Å². The summed E-state index contributed by atoms with van der Waals surface area (Å²) >= 11 is 0. The van der Waals surface area contributed by atoms with Gasteiger partial charge in [-0.1, -0.05) is 0 Å². The Morgan fingerprint density at radius 3 is 2.36 bits per heavy atom. The lowest BCUT2D eigenvalue weighted by molar-refractivity contribution is 0.409. The van der Waals surface area contributed by atoms with Crippen LogP contribution in [-0.4, -0.2) is 38.2 Å². The van der Waals surface area contributed by atoms with Gasteiger partial charge in [0, 0.05) is 21.1 Å². The fourth-order valence-corrected chi connectivity index (χ4v) is 1.16. The number of hydrogen-bond donors (Lipinski definition) is 1. The summed E-state index contributed by atoms with van der Waals surface area (Å²) in [5.41, 5.74) is 0.829. The summed E-state index contributed by atoms with van der Waals surface area (Å²) in [6.07, 6.45) is 0. The van der Waals surface area contributed by atoms with E-state index in [9.17, 15) is 0 Å². The van der Waals surface area contributed by atoms with Crippen molar-refractivity contribution in [2.45, 2.75) is 6.92 Å². The number of aryl methyl sites for hydroxylation is 1. The van der Waals surface area contributed by atoms with Crippen molar-refractivity contribution >= 4 is 11.8 Å². The zero-order chi connectivity index (χ0) is 10.7. The second-order valence-electron chi connectivity index (χ2n) is 3.14. The van der Waals surface area contributed by atoms with Crippen LogP contribution in [0.2, 0.25) is 0 Å². The van der Waals surface area contributed by atoms with Gasteiger partial charge in [0.05, 0.1) is 12.8 Å². The number of aromatic nitrogens is 2. The van der Waals surface area contributed by atoms with Crippen molar-refractivity contribution in [3.8, 4) is 5.75 Å². The molecule has 0 saturated heterocycles. The topological polar surface area (TPSA) is 50.3 Å². The van der Waals surface area contributed by atoms with E-state index >= 15 is 0 Å². The number of ether oxygens (including phenoxy) is 1. The fraction of sp³-hybridized carbons (Fsp3) is 0.556. The Bertz CT molecular complexity index is 325. The smallest absolute Gasteiger partial charge is 0.227 e. The van der Waals surface area contributed by atoms with E-state index in [1.54, 1.807) is 7.11 Å². The van der Waals surface area contributed by atoms with Gasteiger partial charge >= 0.3 is 0 Å². The molecule has 1 aromatic rings. The van der Waals surface area contributed by atoms with Gasteiger partial charge in [-0.25, -0.2) is 4.98 Å². The molecule has 0 bridgehead atoms. The van der Waals surface area contributed by atoms with E-state index in [4.69, 9.17) is 4.74 Å². The predicted molar refractivity (Wildman–Crippen MR) is 57.2 cm³/mol. The molecule has 0 aliphatic heterocycles. The first-order valence-electron chi connectivity index (χ1n) is 4.37. The number of nitrogens with one attached hydrogen (secondary N) is 1. The normalized spacial score (nSPS) is 9.79. The maximum Gasteiger partial charge on any atom is 0.227 e. The van der Waals surface area contributed by atoms with Gasteiger partial charge in [-0.05, 0) is 6.92 Å². The van der Waals surface area contributed by atoms with Gasteiger partial charge in [0.15, 0.2) is 11.6 Å². The number of hydrogen-bond acceptors (Lipinski definition) is 5. The summed E-state index contributed by atoms with van der Waals surface area (Å²) in [7, 11) is 7.23. The molecular formula is C9H16N4O. The van der Waals surface area contributed by atoms with Gasteiger partial charge in [-0.3, -0.25) is 0 Å². The zero-order valence-electron chi connectivity index (χ0n) is 9.25. The summed E-state index contributed by atoms with van der Waals surface area (Å²) in [6.45, 7) is 1.90. The SMILES string of the molecule is CNc1nc(N(C)C)nc(C)c1OC. The van der Waals surface area contributed by atoms with Crippen LogP contribution in [0.25, 0.3) is 0 Å². The predicted octanol–water partition coefficient (Wildman–Crippen LogP) is 0.901. The molecule has 0 fully saturated rings. The molecule has 1 N–H and O–H groups in total. The number of methoxy groups -OCH3 is 1. The first-order chi connectivity index (χ1) is 6.60. The summed E-state index contributed by atoms with van der Waals surface area (Å²) in [6, 6.07) is 0. The molecule has 14 heavy (non-hydrogen) atoms. The Hall–Kier alpha value is -1.52. The molecule has 0 atom stereocenters. The van der Waals surface area contributed by atoms with Crippen molar-refractivity contribution in [3.63, 3.8) is 0 Å². The van der Waals surface area contributed by atoms with Crippen LogP contribution in [0.4, 0.5) is 11.8 Å². The van der Waals surface area contributed by atoms with Crippen molar-refractivity contribution in [1.29, 1.82) is 0 Å². The Morgan fingerprint density at radius 2 is 1.93 bits per heavy atom.